The van der Waals surface area contributed by atoms with Crippen LogP contribution in [0, 0.1) is 0 Å². The van der Waals surface area contributed by atoms with E-state index in [0.29, 0.717) is 17.4 Å². The van der Waals surface area contributed by atoms with Crippen LogP contribution in [0.25, 0.3) is 0 Å². The highest BCUT2D eigenvalue weighted by atomic mass is 32.2. The van der Waals surface area contributed by atoms with E-state index in [1.54, 1.807) is 7.11 Å². The summed E-state index contributed by atoms with van der Waals surface area (Å²) >= 11 is 1.91. The third-order valence-corrected chi connectivity index (χ3v) is 3.30. The van der Waals surface area contributed by atoms with E-state index in [-0.39, 0.29) is 0 Å². The molecule has 0 aliphatic carbocycles. The standard InChI is InChI=1S/C12H22N4OS/c1-17-10-11(13)15-9-16-12(10)14-7-5-3-4-6-8-18-2/h9H,3-8H2,1-2H3,(H3,13,14,15,16). The van der Waals surface area contributed by atoms with Gasteiger partial charge in [0.05, 0.1) is 7.11 Å². The Kier molecular flexibility index (Phi) is 7.32. The van der Waals surface area contributed by atoms with Crippen LogP contribution in [0.3, 0.4) is 0 Å². The molecule has 6 heteroatoms. The minimum absolute atomic E-state index is 0.370. The second-order valence-corrected chi connectivity index (χ2v) is 4.96. The van der Waals surface area contributed by atoms with Gasteiger partial charge in [-0.3, -0.25) is 0 Å². The second kappa shape index (κ2) is 8.85. The van der Waals surface area contributed by atoms with Crippen molar-refractivity contribution in [3.63, 3.8) is 0 Å². The third kappa shape index (κ3) is 5.00. The Bertz CT molecular complexity index is 349. The molecule has 0 saturated heterocycles. The summed E-state index contributed by atoms with van der Waals surface area (Å²) in [5, 5.41) is 3.23. The molecule has 102 valence electrons. The summed E-state index contributed by atoms with van der Waals surface area (Å²) in [5.74, 6) is 2.83. The number of anilines is 2. The molecular weight excluding hydrogens is 248 g/mol. The van der Waals surface area contributed by atoms with Crippen molar-refractivity contribution < 1.29 is 4.74 Å². The molecular formula is C12H22N4OS. The Morgan fingerprint density at radius 1 is 1.28 bits per heavy atom. The highest BCUT2D eigenvalue weighted by molar-refractivity contribution is 7.98. The summed E-state index contributed by atoms with van der Waals surface area (Å²) in [5.41, 5.74) is 5.70. The van der Waals surface area contributed by atoms with Gasteiger partial charge in [-0.05, 0) is 24.9 Å². The lowest BCUT2D eigenvalue weighted by Crippen LogP contribution is -2.07. The Hall–Kier alpha value is -1.17. The number of hydrogen-bond donors (Lipinski definition) is 2. The number of nitrogen functional groups attached to an aromatic ring is 1. The van der Waals surface area contributed by atoms with E-state index in [0.717, 1.165) is 13.0 Å². The number of hydrogen-bond acceptors (Lipinski definition) is 6. The summed E-state index contributed by atoms with van der Waals surface area (Å²) < 4.78 is 5.17. The average Bonchev–Trinajstić information content (AvgIpc) is 2.38. The molecule has 0 aliphatic heterocycles. The highest BCUT2D eigenvalue weighted by Gasteiger charge is 2.08. The largest absolute Gasteiger partial charge is 0.490 e. The topological polar surface area (TPSA) is 73.1 Å². The van der Waals surface area contributed by atoms with Crippen molar-refractivity contribution in [1.82, 2.24) is 9.97 Å². The van der Waals surface area contributed by atoms with Crippen molar-refractivity contribution in [2.75, 3.05) is 36.7 Å². The van der Waals surface area contributed by atoms with Crippen LogP contribution in [0.1, 0.15) is 25.7 Å². The lowest BCUT2D eigenvalue weighted by molar-refractivity contribution is 0.415. The lowest BCUT2D eigenvalue weighted by atomic mass is 10.2. The first kappa shape index (κ1) is 14.9. The second-order valence-electron chi connectivity index (χ2n) is 3.97. The number of unbranched alkanes of at least 4 members (excludes halogenated alkanes) is 3. The minimum Gasteiger partial charge on any atom is -0.490 e. The quantitative estimate of drug-likeness (QED) is 0.671. The monoisotopic (exact) mass is 270 g/mol. The van der Waals surface area contributed by atoms with Crippen LogP contribution >= 0.6 is 11.8 Å². The van der Waals surface area contributed by atoms with Gasteiger partial charge < -0.3 is 15.8 Å². The number of nitrogens with zero attached hydrogens (tertiary/aromatic N) is 2. The molecule has 18 heavy (non-hydrogen) atoms. The average molecular weight is 270 g/mol. The molecule has 0 saturated carbocycles. The summed E-state index contributed by atoms with van der Waals surface area (Å²) in [7, 11) is 1.57. The van der Waals surface area contributed by atoms with Gasteiger partial charge in [0.1, 0.15) is 6.33 Å². The number of nitrogens with two attached hydrogens (primary N) is 1. The SMILES string of the molecule is COc1c(N)ncnc1NCCCCCCSC. The summed E-state index contributed by atoms with van der Waals surface area (Å²) in [6.07, 6.45) is 8.53. The molecule has 0 bridgehead atoms. The zero-order chi connectivity index (χ0) is 13.2. The van der Waals surface area contributed by atoms with Crippen LogP contribution in [-0.2, 0) is 0 Å². The zero-order valence-electron chi connectivity index (χ0n) is 11.1. The molecule has 3 N–H and O–H groups in total. The van der Waals surface area contributed by atoms with Crippen LogP contribution in [0.2, 0.25) is 0 Å². The molecule has 0 radical (unpaired) electrons. The number of thioether (sulfide) groups is 1. The Balaban J connectivity index is 2.25. The maximum Gasteiger partial charge on any atom is 0.203 e. The van der Waals surface area contributed by atoms with Crippen LogP contribution in [0.15, 0.2) is 6.33 Å². The van der Waals surface area contributed by atoms with Gasteiger partial charge in [0.25, 0.3) is 0 Å². The Morgan fingerprint density at radius 3 is 2.78 bits per heavy atom. The van der Waals surface area contributed by atoms with E-state index in [1.807, 2.05) is 11.8 Å². The molecule has 1 aromatic heterocycles. The Labute approximate surface area is 113 Å². The van der Waals surface area contributed by atoms with E-state index in [1.165, 1.54) is 31.3 Å². The van der Waals surface area contributed by atoms with Crippen LogP contribution in [0.4, 0.5) is 11.6 Å². The van der Waals surface area contributed by atoms with Crippen LogP contribution in [-0.4, -0.2) is 35.6 Å². The van der Waals surface area contributed by atoms with Gasteiger partial charge in [-0.25, -0.2) is 9.97 Å². The fraction of sp³-hybridized carbons (Fsp3) is 0.667. The van der Waals surface area contributed by atoms with Gasteiger partial charge in [-0.1, -0.05) is 12.8 Å². The first-order valence-electron chi connectivity index (χ1n) is 6.17. The molecule has 0 atom stereocenters. The molecule has 0 aliphatic rings. The summed E-state index contributed by atoms with van der Waals surface area (Å²) in [6, 6.07) is 0. The highest BCUT2D eigenvalue weighted by Crippen LogP contribution is 2.26. The van der Waals surface area contributed by atoms with Crippen molar-refractivity contribution in [3.05, 3.63) is 6.33 Å². The summed E-state index contributed by atoms with van der Waals surface area (Å²) in [6.45, 7) is 0.881. The summed E-state index contributed by atoms with van der Waals surface area (Å²) in [4.78, 5) is 8.02. The van der Waals surface area contributed by atoms with Crippen LogP contribution < -0.4 is 15.8 Å². The number of ether oxygens (including phenoxy) is 1. The van der Waals surface area contributed by atoms with Gasteiger partial charge in [0.2, 0.25) is 5.75 Å². The van der Waals surface area contributed by atoms with Gasteiger partial charge in [-0.15, -0.1) is 0 Å². The van der Waals surface area contributed by atoms with Crippen molar-refractivity contribution in [3.8, 4) is 5.75 Å². The molecule has 0 aromatic carbocycles. The fourth-order valence-corrected chi connectivity index (χ4v) is 2.14. The van der Waals surface area contributed by atoms with E-state index in [4.69, 9.17) is 10.5 Å². The first-order chi connectivity index (χ1) is 8.79. The predicted octanol–water partition coefficient (Wildman–Crippen LogP) is 2.40. The number of methoxy groups -OCH3 is 1. The number of aromatic nitrogens is 2. The van der Waals surface area contributed by atoms with Crippen molar-refractivity contribution >= 4 is 23.4 Å². The smallest absolute Gasteiger partial charge is 0.203 e. The molecule has 5 nitrogen and oxygen atoms in total. The van der Waals surface area contributed by atoms with Gasteiger partial charge in [0.15, 0.2) is 11.6 Å². The third-order valence-electron chi connectivity index (χ3n) is 2.60. The van der Waals surface area contributed by atoms with Crippen molar-refractivity contribution in [2.45, 2.75) is 25.7 Å². The van der Waals surface area contributed by atoms with Crippen molar-refractivity contribution in [2.24, 2.45) is 0 Å². The predicted molar refractivity (Wildman–Crippen MR) is 78.3 cm³/mol. The maximum absolute atomic E-state index is 5.70. The molecule has 0 unspecified atom stereocenters. The van der Waals surface area contributed by atoms with E-state index in [2.05, 4.69) is 21.5 Å². The normalized spacial score (nSPS) is 10.3. The van der Waals surface area contributed by atoms with E-state index in [9.17, 15) is 0 Å². The zero-order valence-corrected chi connectivity index (χ0v) is 11.9. The molecule has 1 rings (SSSR count). The lowest BCUT2D eigenvalue weighted by Gasteiger charge is -2.10. The fourth-order valence-electron chi connectivity index (χ4n) is 1.65. The van der Waals surface area contributed by atoms with Gasteiger partial charge in [-0.2, -0.15) is 11.8 Å². The van der Waals surface area contributed by atoms with Crippen molar-refractivity contribution in [1.29, 1.82) is 0 Å². The molecule has 0 amide bonds. The van der Waals surface area contributed by atoms with E-state index >= 15 is 0 Å². The Morgan fingerprint density at radius 2 is 2.06 bits per heavy atom. The molecule has 1 heterocycles. The van der Waals surface area contributed by atoms with E-state index < -0.39 is 0 Å². The van der Waals surface area contributed by atoms with Gasteiger partial charge in [0, 0.05) is 6.54 Å². The van der Waals surface area contributed by atoms with Crippen LogP contribution in [0.5, 0.6) is 5.75 Å². The van der Waals surface area contributed by atoms with Gasteiger partial charge >= 0.3 is 0 Å². The minimum atomic E-state index is 0.370. The number of rotatable bonds is 9. The number of nitrogens with one attached hydrogen (secondary N) is 1. The molecule has 1 aromatic rings. The first-order valence-corrected chi connectivity index (χ1v) is 7.56. The molecule has 0 fully saturated rings. The molecule has 0 spiro atoms. The maximum atomic E-state index is 5.70.